The molecule has 0 saturated heterocycles. The highest BCUT2D eigenvalue weighted by atomic mass is 79.9. The number of hydrogen-bond donors (Lipinski definition) is 1. The highest BCUT2D eigenvalue weighted by molar-refractivity contribution is 9.10. The monoisotopic (exact) mass is 297 g/mol. The molecule has 1 aromatic carbocycles. The average molecular weight is 298 g/mol. The molecule has 0 amide bonds. The van der Waals surface area contributed by atoms with Crippen molar-refractivity contribution < 1.29 is 5.11 Å². The van der Waals surface area contributed by atoms with Crippen LogP contribution in [-0.2, 0) is 6.42 Å². The van der Waals surface area contributed by atoms with Crippen LogP contribution in [0.4, 0.5) is 0 Å². The third-order valence-corrected chi connectivity index (χ3v) is 3.56. The van der Waals surface area contributed by atoms with Gasteiger partial charge in [-0.1, -0.05) is 22.0 Å². The van der Waals surface area contributed by atoms with Crippen LogP contribution in [0.5, 0.6) is 0 Å². The largest absolute Gasteiger partial charge is 0.388 e. The summed E-state index contributed by atoms with van der Waals surface area (Å²) < 4.78 is 1.00. The molecule has 16 heavy (non-hydrogen) atoms. The number of aliphatic hydroxyl groups excluding tert-OH is 1. The van der Waals surface area contributed by atoms with Crippen LogP contribution >= 0.6 is 27.3 Å². The van der Waals surface area contributed by atoms with Gasteiger partial charge in [0.15, 0.2) is 0 Å². The van der Waals surface area contributed by atoms with E-state index in [1.54, 1.807) is 17.5 Å². The van der Waals surface area contributed by atoms with Gasteiger partial charge in [0.2, 0.25) is 0 Å². The van der Waals surface area contributed by atoms with Gasteiger partial charge in [-0.05, 0) is 30.2 Å². The number of benzene rings is 1. The van der Waals surface area contributed by atoms with E-state index in [0.29, 0.717) is 6.42 Å². The molecule has 2 nitrogen and oxygen atoms in total. The Balaban J connectivity index is 2.17. The van der Waals surface area contributed by atoms with Crippen LogP contribution in [0.1, 0.15) is 22.2 Å². The Kier molecular flexibility index (Phi) is 3.74. The molecule has 2 aromatic rings. The van der Waals surface area contributed by atoms with Crippen molar-refractivity contribution in [3.63, 3.8) is 0 Å². The van der Waals surface area contributed by atoms with Crippen molar-refractivity contribution in [3.8, 4) is 0 Å². The predicted molar refractivity (Wildman–Crippen MR) is 69.7 cm³/mol. The van der Waals surface area contributed by atoms with Gasteiger partial charge in [0.1, 0.15) is 0 Å². The molecule has 1 heterocycles. The Morgan fingerprint density at radius 2 is 2.25 bits per heavy atom. The highest BCUT2D eigenvalue weighted by Gasteiger charge is 2.11. The van der Waals surface area contributed by atoms with Crippen molar-refractivity contribution in [2.24, 2.45) is 0 Å². The van der Waals surface area contributed by atoms with E-state index in [9.17, 15) is 5.11 Å². The maximum Gasteiger partial charge on any atom is 0.0954 e. The third-order valence-electron chi connectivity index (χ3n) is 2.30. The molecular formula is C12H12BrNOS. The number of halogens is 1. The second kappa shape index (κ2) is 5.08. The summed E-state index contributed by atoms with van der Waals surface area (Å²) in [5.74, 6) is 0. The molecule has 0 aliphatic heterocycles. The predicted octanol–water partition coefficient (Wildman–Crippen LogP) is 3.49. The summed E-state index contributed by atoms with van der Waals surface area (Å²) in [6, 6.07) is 5.98. The Morgan fingerprint density at radius 1 is 1.44 bits per heavy atom. The molecule has 0 aliphatic carbocycles. The van der Waals surface area contributed by atoms with Crippen LogP contribution in [0.25, 0.3) is 0 Å². The van der Waals surface area contributed by atoms with Crippen molar-refractivity contribution >= 4 is 27.3 Å². The highest BCUT2D eigenvalue weighted by Crippen LogP contribution is 2.24. The Bertz CT molecular complexity index is 450. The third kappa shape index (κ3) is 2.90. The fourth-order valence-corrected chi connectivity index (χ4v) is 2.87. The van der Waals surface area contributed by atoms with Crippen molar-refractivity contribution in [1.82, 2.24) is 4.98 Å². The van der Waals surface area contributed by atoms with Crippen LogP contribution < -0.4 is 0 Å². The van der Waals surface area contributed by atoms with Gasteiger partial charge in [-0.15, -0.1) is 11.3 Å². The van der Waals surface area contributed by atoms with Crippen LogP contribution in [0.2, 0.25) is 0 Å². The zero-order chi connectivity index (χ0) is 11.5. The number of aliphatic hydroxyl groups is 1. The molecule has 0 spiro atoms. The number of aromatic nitrogens is 1. The number of rotatable bonds is 3. The normalized spacial score (nSPS) is 12.7. The van der Waals surface area contributed by atoms with E-state index in [-0.39, 0.29) is 0 Å². The van der Waals surface area contributed by atoms with E-state index >= 15 is 0 Å². The summed E-state index contributed by atoms with van der Waals surface area (Å²) in [6.07, 6.45) is 1.86. The summed E-state index contributed by atoms with van der Waals surface area (Å²) in [4.78, 5) is 4.17. The molecule has 2 rings (SSSR count). The van der Waals surface area contributed by atoms with Gasteiger partial charge in [0.05, 0.1) is 11.1 Å². The molecule has 0 radical (unpaired) electrons. The van der Waals surface area contributed by atoms with Crippen molar-refractivity contribution in [3.05, 3.63) is 50.4 Å². The van der Waals surface area contributed by atoms with E-state index in [1.807, 2.05) is 30.5 Å². The fraction of sp³-hybridized carbons (Fsp3) is 0.250. The first-order valence-corrected chi connectivity index (χ1v) is 6.66. The Labute approximate surface area is 107 Å². The Hall–Kier alpha value is -0.710. The van der Waals surface area contributed by atoms with E-state index < -0.39 is 6.10 Å². The summed E-state index contributed by atoms with van der Waals surface area (Å²) in [7, 11) is 0. The first-order valence-electron chi connectivity index (χ1n) is 4.98. The lowest BCUT2D eigenvalue weighted by Crippen LogP contribution is -2.01. The molecule has 84 valence electrons. The van der Waals surface area contributed by atoms with Gasteiger partial charge < -0.3 is 5.11 Å². The summed E-state index contributed by atoms with van der Waals surface area (Å²) in [5.41, 5.74) is 2.07. The first kappa shape index (κ1) is 11.8. The average Bonchev–Trinajstić information content (AvgIpc) is 2.68. The molecule has 4 heteroatoms. The molecule has 0 fully saturated rings. The minimum Gasteiger partial charge on any atom is -0.388 e. The minimum atomic E-state index is -0.484. The van der Waals surface area contributed by atoms with Crippen molar-refractivity contribution in [1.29, 1.82) is 0 Å². The summed E-state index contributed by atoms with van der Waals surface area (Å²) in [5, 5.41) is 13.0. The molecule has 1 N–H and O–H groups in total. The quantitative estimate of drug-likeness (QED) is 0.941. The van der Waals surface area contributed by atoms with Gasteiger partial charge in [-0.25, -0.2) is 4.98 Å². The molecule has 0 aliphatic rings. The number of thiazole rings is 1. The van der Waals surface area contributed by atoms with E-state index in [4.69, 9.17) is 0 Å². The standard InChI is InChI=1S/C12H12BrNOS/c1-8-4-9(6-10(13)5-8)11(15)7-12-14-2-3-16-12/h2-6,11,15H,7H2,1H3. The topological polar surface area (TPSA) is 33.1 Å². The fourth-order valence-electron chi connectivity index (χ4n) is 1.59. The molecular weight excluding hydrogens is 286 g/mol. The van der Waals surface area contributed by atoms with Crippen LogP contribution in [-0.4, -0.2) is 10.1 Å². The SMILES string of the molecule is Cc1cc(Br)cc(C(O)Cc2nccs2)c1. The van der Waals surface area contributed by atoms with E-state index in [2.05, 4.69) is 20.9 Å². The second-order valence-electron chi connectivity index (χ2n) is 3.71. The molecule has 1 atom stereocenters. The molecule has 0 saturated carbocycles. The lowest BCUT2D eigenvalue weighted by Gasteiger charge is -2.10. The maximum absolute atomic E-state index is 10.1. The number of nitrogens with zero attached hydrogens (tertiary/aromatic N) is 1. The number of aryl methyl sites for hydroxylation is 1. The Morgan fingerprint density at radius 3 is 2.88 bits per heavy atom. The second-order valence-corrected chi connectivity index (χ2v) is 5.60. The minimum absolute atomic E-state index is 0.484. The van der Waals surface area contributed by atoms with Gasteiger partial charge in [0.25, 0.3) is 0 Å². The zero-order valence-electron chi connectivity index (χ0n) is 8.85. The number of hydrogen-bond acceptors (Lipinski definition) is 3. The lowest BCUT2D eigenvalue weighted by molar-refractivity contribution is 0.178. The smallest absolute Gasteiger partial charge is 0.0954 e. The van der Waals surface area contributed by atoms with Crippen LogP contribution in [0, 0.1) is 6.92 Å². The van der Waals surface area contributed by atoms with E-state index in [1.165, 1.54) is 0 Å². The van der Waals surface area contributed by atoms with Crippen LogP contribution in [0.3, 0.4) is 0 Å². The summed E-state index contributed by atoms with van der Waals surface area (Å²) in [6.45, 7) is 2.02. The zero-order valence-corrected chi connectivity index (χ0v) is 11.3. The maximum atomic E-state index is 10.1. The molecule has 0 bridgehead atoms. The van der Waals surface area contributed by atoms with Gasteiger partial charge in [-0.2, -0.15) is 0 Å². The van der Waals surface area contributed by atoms with Gasteiger partial charge in [-0.3, -0.25) is 0 Å². The lowest BCUT2D eigenvalue weighted by atomic mass is 10.0. The first-order chi connectivity index (χ1) is 7.65. The summed E-state index contributed by atoms with van der Waals surface area (Å²) >= 11 is 5.01. The molecule has 1 unspecified atom stereocenters. The van der Waals surface area contributed by atoms with Gasteiger partial charge >= 0.3 is 0 Å². The van der Waals surface area contributed by atoms with Crippen molar-refractivity contribution in [2.75, 3.05) is 0 Å². The van der Waals surface area contributed by atoms with E-state index in [0.717, 1.165) is 20.6 Å². The van der Waals surface area contributed by atoms with Gasteiger partial charge in [0, 0.05) is 22.5 Å². The van der Waals surface area contributed by atoms with Crippen molar-refractivity contribution in [2.45, 2.75) is 19.4 Å². The van der Waals surface area contributed by atoms with Crippen LogP contribution in [0.15, 0.2) is 34.2 Å². The molecule has 1 aromatic heterocycles.